The lowest BCUT2D eigenvalue weighted by Crippen LogP contribution is -2.34. The van der Waals surface area contributed by atoms with Crippen molar-refractivity contribution in [2.45, 2.75) is 32.1 Å². The first-order chi connectivity index (χ1) is 15.0. The number of hydrogen-bond acceptors (Lipinski definition) is 5. The van der Waals surface area contributed by atoms with E-state index in [0.29, 0.717) is 18.5 Å². The summed E-state index contributed by atoms with van der Waals surface area (Å²) < 4.78 is 10.4. The Hall–Kier alpha value is -3.38. The summed E-state index contributed by atoms with van der Waals surface area (Å²) in [6, 6.07) is 14.8. The molecule has 1 unspecified atom stereocenters. The zero-order chi connectivity index (χ0) is 22.2. The van der Waals surface area contributed by atoms with Crippen LogP contribution < -0.4 is 4.74 Å². The van der Waals surface area contributed by atoms with E-state index in [0.717, 1.165) is 16.9 Å². The first-order valence-corrected chi connectivity index (χ1v) is 10.2. The molecule has 0 aromatic heterocycles. The second-order valence-corrected chi connectivity index (χ2v) is 7.36. The molecule has 6 nitrogen and oxygen atoms in total. The molecule has 6 heteroatoms. The predicted octanol–water partition coefficient (Wildman–Crippen LogP) is 4.17. The molecule has 0 bridgehead atoms. The smallest absolute Gasteiger partial charge is 0.332 e. The average molecular weight is 421 g/mol. The SMILES string of the molecule is COc1ccc(C(=O)C2CC=CN2C/C=C/c2ccc(CO[C@H](C)C(=O)O)cc2)cc1. The van der Waals surface area contributed by atoms with E-state index in [1.54, 1.807) is 31.4 Å². The van der Waals surface area contributed by atoms with E-state index >= 15 is 0 Å². The number of benzene rings is 2. The number of methoxy groups -OCH3 is 1. The fourth-order valence-corrected chi connectivity index (χ4v) is 3.29. The number of ether oxygens (including phenoxy) is 2. The minimum atomic E-state index is -0.973. The summed E-state index contributed by atoms with van der Waals surface area (Å²) in [6.45, 7) is 2.40. The van der Waals surface area contributed by atoms with E-state index in [1.165, 1.54) is 6.92 Å². The number of carboxylic acids is 1. The number of ketones is 1. The lowest BCUT2D eigenvalue weighted by atomic mass is 10.0. The van der Waals surface area contributed by atoms with Gasteiger partial charge in [0, 0.05) is 12.1 Å². The third kappa shape index (κ3) is 6.06. The summed E-state index contributed by atoms with van der Waals surface area (Å²) in [5.41, 5.74) is 2.62. The van der Waals surface area contributed by atoms with Crippen molar-refractivity contribution in [1.29, 1.82) is 0 Å². The van der Waals surface area contributed by atoms with Crippen LogP contribution in [0.15, 0.2) is 66.9 Å². The highest BCUT2D eigenvalue weighted by Crippen LogP contribution is 2.21. The first kappa shape index (κ1) is 22.3. The van der Waals surface area contributed by atoms with Crippen molar-refractivity contribution in [2.24, 2.45) is 0 Å². The molecule has 0 amide bonds. The van der Waals surface area contributed by atoms with Crippen LogP contribution in [0.2, 0.25) is 0 Å². The molecule has 162 valence electrons. The molecule has 0 saturated carbocycles. The summed E-state index contributed by atoms with van der Waals surface area (Å²) in [5, 5.41) is 8.86. The Bertz CT molecular complexity index is 947. The van der Waals surface area contributed by atoms with Crippen LogP contribution in [-0.2, 0) is 16.1 Å². The van der Waals surface area contributed by atoms with Gasteiger partial charge < -0.3 is 19.5 Å². The fraction of sp³-hybridized carbons (Fsp3) is 0.280. The molecule has 1 aliphatic heterocycles. The topological polar surface area (TPSA) is 76.1 Å². The minimum Gasteiger partial charge on any atom is -0.497 e. The maximum Gasteiger partial charge on any atom is 0.332 e. The molecule has 3 rings (SSSR count). The van der Waals surface area contributed by atoms with Gasteiger partial charge in [0.25, 0.3) is 0 Å². The van der Waals surface area contributed by atoms with Crippen molar-refractivity contribution < 1.29 is 24.2 Å². The van der Waals surface area contributed by atoms with Crippen molar-refractivity contribution in [1.82, 2.24) is 4.90 Å². The normalized spacial score (nSPS) is 16.6. The molecule has 0 radical (unpaired) electrons. The second-order valence-electron chi connectivity index (χ2n) is 7.36. The van der Waals surface area contributed by atoms with Crippen molar-refractivity contribution >= 4 is 17.8 Å². The molecule has 2 aromatic carbocycles. The van der Waals surface area contributed by atoms with Crippen LogP contribution in [0.4, 0.5) is 0 Å². The molecule has 0 fully saturated rings. The van der Waals surface area contributed by atoms with Crippen LogP contribution in [0.3, 0.4) is 0 Å². The van der Waals surface area contributed by atoms with Crippen LogP contribution in [0.5, 0.6) is 5.75 Å². The molecule has 1 heterocycles. The summed E-state index contributed by atoms with van der Waals surface area (Å²) in [4.78, 5) is 25.7. The van der Waals surface area contributed by atoms with E-state index < -0.39 is 12.1 Å². The van der Waals surface area contributed by atoms with Crippen molar-refractivity contribution in [3.63, 3.8) is 0 Å². The van der Waals surface area contributed by atoms with E-state index in [9.17, 15) is 9.59 Å². The van der Waals surface area contributed by atoms with Gasteiger partial charge in [-0.2, -0.15) is 0 Å². The zero-order valence-corrected chi connectivity index (χ0v) is 17.7. The zero-order valence-electron chi connectivity index (χ0n) is 17.7. The van der Waals surface area contributed by atoms with Gasteiger partial charge in [-0.25, -0.2) is 4.79 Å². The summed E-state index contributed by atoms with van der Waals surface area (Å²) in [6.07, 6.45) is 7.89. The maximum atomic E-state index is 12.9. The fourth-order valence-electron chi connectivity index (χ4n) is 3.29. The second kappa shape index (κ2) is 10.6. The van der Waals surface area contributed by atoms with E-state index in [1.807, 2.05) is 53.6 Å². The Labute approximate surface area is 182 Å². The number of carbonyl (C=O) groups is 2. The van der Waals surface area contributed by atoms with Gasteiger partial charge in [-0.1, -0.05) is 42.5 Å². The summed E-state index contributed by atoms with van der Waals surface area (Å²) >= 11 is 0. The van der Waals surface area contributed by atoms with Crippen LogP contribution in [0.1, 0.15) is 34.8 Å². The van der Waals surface area contributed by atoms with E-state index in [4.69, 9.17) is 14.6 Å². The summed E-state index contributed by atoms with van der Waals surface area (Å²) in [7, 11) is 1.60. The van der Waals surface area contributed by atoms with Gasteiger partial charge >= 0.3 is 5.97 Å². The van der Waals surface area contributed by atoms with Gasteiger partial charge in [-0.3, -0.25) is 4.79 Å². The van der Waals surface area contributed by atoms with Gasteiger partial charge in [0.1, 0.15) is 5.75 Å². The number of carbonyl (C=O) groups excluding carboxylic acids is 1. The molecule has 31 heavy (non-hydrogen) atoms. The van der Waals surface area contributed by atoms with Crippen molar-refractivity contribution in [3.8, 4) is 5.75 Å². The van der Waals surface area contributed by atoms with Crippen molar-refractivity contribution in [3.05, 3.63) is 83.6 Å². The van der Waals surface area contributed by atoms with Gasteiger partial charge in [-0.05, 0) is 54.9 Å². The first-order valence-electron chi connectivity index (χ1n) is 10.2. The Balaban J connectivity index is 1.54. The van der Waals surface area contributed by atoms with Crippen LogP contribution in [-0.4, -0.2) is 47.6 Å². The van der Waals surface area contributed by atoms with Gasteiger partial charge in [0.05, 0.1) is 19.8 Å². The largest absolute Gasteiger partial charge is 0.497 e. The molecular weight excluding hydrogens is 394 g/mol. The van der Waals surface area contributed by atoms with E-state index in [-0.39, 0.29) is 18.4 Å². The quantitative estimate of drug-likeness (QED) is 0.581. The molecule has 2 atom stereocenters. The number of hydrogen-bond donors (Lipinski definition) is 1. The highest BCUT2D eigenvalue weighted by molar-refractivity contribution is 6.00. The summed E-state index contributed by atoms with van der Waals surface area (Å²) in [5.74, 6) is -0.143. The number of aliphatic carboxylic acids is 1. The Morgan fingerprint density at radius 1 is 1.16 bits per heavy atom. The lowest BCUT2D eigenvalue weighted by molar-refractivity contribution is -0.149. The third-order valence-electron chi connectivity index (χ3n) is 5.19. The monoisotopic (exact) mass is 421 g/mol. The average Bonchev–Trinajstić information content (AvgIpc) is 3.26. The van der Waals surface area contributed by atoms with E-state index in [2.05, 4.69) is 0 Å². The lowest BCUT2D eigenvalue weighted by Gasteiger charge is -2.23. The molecule has 0 spiro atoms. The molecule has 0 aliphatic carbocycles. The Kier molecular flexibility index (Phi) is 7.62. The molecule has 0 saturated heterocycles. The van der Waals surface area contributed by atoms with Crippen molar-refractivity contribution in [2.75, 3.05) is 13.7 Å². The number of nitrogens with zero attached hydrogens (tertiary/aromatic N) is 1. The molecule has 2 aromatic rings. The Morgan fingerprint density at radius 3 is 2.52 bits per heavy atom. The minimum absolute atomic E-state index is 0.0981. The number of rotatable bonds is 10. The van der Waals surface area contributed by atoms with Gasteiger partial charge in [-0.15, -0.1) is 0 Å². The predicted molar refractivity (Wildman–Crippen MR) is 119 cm³/mol. The molecule has 1 N–H and O–H groups in total. The van der Waals surface area contributed by atoms with Crippen LogP contribution >= 0.6 is 0 Å². The number of Topliss-reactive ketones (excluding diaryl/α,β-unsaturated/α-hetero) is 1. The third-order valence-corrected chi connectivity index (χ3v) is 5.19. The maximum absolute atomic E-state index is 12.9. The highest BCUT2D eigenvalue weighted by Gasteiger charge is 2.26. The molecular formula is C25H27NO5. The Morgan fingerprint density at radius 2 is 1.87 bits per heavy atom. The standard InChI is InChI=1S/C25H27NO5/c1-18(25(28)29)31-17-20-9-7-19(8-10-20)5-3-15-26-16-4-6-23(26)24(27)21-11-13-22(30-2)14-12-21/h3-5,7-14,16,18,23H,6,15,17H2,1-2H3,(H,28,29)/b5-3+/t18-,23?/m1/s1. The van der Waals surface area contributed by atoms with Gasteiger partial charge in [0.15, 0.2) is 11.9 Å². The number of carboxylic acid groups (broad SMARTS) is 1. The van der Waals surface area contributed by atoms with Crippen LogP contribution in [0.25, 0.3) is 6.08 Å². The van der Waals surface area contributed by atoms with Crippen LogP contribution in [0, 0.1) is 0 Å². The highest BCUT2D eigenvalue weighted by atomic mass is 16.5. The van der Waals surface area contributed by atoms with Gasteiger partial charge in [0.2, 0.25) is 0 Å². The molecule has 1 aliphatic rings.